The van der Waals surface area contributed by atoms with Crippen molar-refractivity contribution in [3.63, 3.8) is 0 Å². The molecule has 0 saturated carbocycles. The van der Waals surface area contributed by atoms with E-state index in [4.69, 9.17) is 11.6 Å². The molecule has 0 fully saturated rings. The molecule has 1 amide bonds. The van der Waals surface area contributed by atoms with Crippen LogP contribution in [-0.2, 0) is 6.42 Å². The highest BCUT2D eigenvalue weighted by molar-refractivity contribution is 6.30. The lowest BCUT2D eigenvalue weighted by Gasteiger charge is -2.10. The Bertz CT molecular complexity index is 912. The third-order valence-corrected chi connectivity index (χ3v) is 4.49. The minimum Gasteiger partial charge on any atom is -0.384 e. The predicted octanol–water partition coefficient (Wildman–Crippen LogP) is 5.34. The van der Waals surface area contributed by atoms with Crippen LogP contribution in [0.2, 0.25) is 5.02 Å². The number of nitrogens with one attached hydrogen (secondary N) is 2. The van der Waals surface area contributed by atoms with Crippen molar-refractivity contribution in [2.75, 3.05) is 17.2 Å². The van der Waals surface area contributed by atoms with E-state index in [9.17, 15) is 4.79 Å². The molecule has 0 aliphatic rings. The highest BCUT2D eigenvalue weighted by Gasteiger charge is 2.09. The Morgan fingerprint density at radius 3 is 2.67 bits per heavy atom. The van der Waals surface area contributed by atoms with Crippen molar-refractivity contribution in [1.29, 1.82) is 0 Å². The van der Waals surface area contributed by atoms with E-state index in [-0.39, 0.29) is 5.91 Å². The molecule has 2 aromatic carbocycles. The van der Waals surface area contributed by atoms with Crippen LogP contribution in [0, 0.1) is 6.92 Å². The van der Waals surface area contributed by atoms with E-state index in [0.29, 0.717) is 10.6 Å². The number of benzene rings is 2. The second-order valence-corrected chi connectivity index (χ2v) is 6.83. The van der Waals surface area contributed by atoms with Crippen molar-refractivity contribution in [3.8, 4) is 0 Å². The molecule has 3 aromatic rings. The van der Waals surface area contributed by atoms with Gasteiger partial charge in [-0.25, -0.2) is 0 Å². The fourth-order valence-electron chi connectivity index (χ4n) is 2.79. The number of rotatable bonds is 7. The monoisotopic (exact) mass is 379 g/mol. The van der Waals surface area contributed by atoms with Crippen LogP contribution < -0.4 is 10.6 Å². The van der Waals surface area contributed by atoms with Gasteiger partial charge < -0.3 is 10.6 Å². The van der Waals surface area contributed by atoms with E-state index in [0.717, 1.165) is 36.3 Å². The van der Waals surface area contributed by atoms with Crippen molar-refractivity contribution in [2.45, 2.75) is 19.8 Å². The Balaban J connectivity index is 1.55. The molecule has 0 radical (unpaired) electrons. The zero-order chi connectivity index (χ0) is 19.1. The van der Waals surface area contributed by atoms with Gasteiger partial charge in [0.25, 0.3) is 5.91 Å². The summed E-state index contributed by atoms with van der Waals surface area (Å²) in [6.07, 6.45) is 5.31. The molecule has 5 heteroatoms. The molecular formula is C22H22ClN3O. The number of halogens is 1. The lowest BCUT2D eigenvalue weighted by atomic mass is 10.1. The Morgan fingerprint density at radius 2 is 1.89 bits per heavy atom. The number of hydrogen-bond donors (Lipinski definition) is 2. The van der Waals surface area contributed by atoms with Gasteiger partial charge in [-0.15, -0.1) is 0 Å². The van der Waals surface area contributed by atoms with Crippen molar-refractivity contribution in [2.24, 2.45) is 0 Å². The first-order chi connectivity index (χ1) is 13.1. The quantitative estimate of drug-likeness (QED) is 0.545. The van der Waals surface area contributed by atoms with Gasteiger partial charge in [-0.2, -0.15) is 0 Å². The predicted molar refractivity (Wildman–Crippen MR) is 112 cm³/mol. The first-order valence-corrected chi connectivity index (χ1v) is 9.30. The van der Waals surface area contributed by atoms with Crippen molar-refractivity contribution < 1.29 is 4.79 Å². The van der Waals surface area contributed by atoms with Crippen LogP contribution >= 0.6 is 11.6 Å². The smallest absolute Gasteiger partial charge is 0.257 e. The van der Waals surface area contributed by atoms with E-state index >= 15 is 0 Å². The summed E-state index contributed by atoms with van der Waals surface area (Å²) in [6.45, 7) is 2.72. The molecule has 0 unspecified atom stereocenters. The zero-order valence-electron chi connectivity index (χ0n) is 15.2. The molecule has 138 valence electrons. The Kier molecular flexibility index (Phi) is 6.44. The maximum atomic E-state index is 12.5. The topological polar surface area (TPSA) is 54.0 Å². The normalized spacial score (nSPS) is 10.4. The fraction of sp³-hybridized carbons (Fsp3) is 0.182. The summed E-state index contributed by atoms with van der Waals surface area (Å²) in [4.78, 5) is 16.7. The summed E-state index contributed by atoms with van der Waals surface area (Å²) in [5.74, 6) is -0.194. The number of hydrogen-bond acceptors (Lipinski definition) is 3. The first-order valence-electron chi connectivity index (χ1n) is 8.92. The molecule has 0 aliphatic heterocycles. The third kappa shape index (κ3) is 5.56. The Hall–Kier alpha value is -2.85. The van der Waals surface area contributed by atoms with Gasteiger partial charge in [-0.1, -0.05) is 41.9 Å². The van der Waals surface area contributed by atoms with E-state index in [1.54, 1.807) is 24.5 Å². The lowest BCUT2D eigenvalue weighted by molar-refractivity contribution is 0.102. The van der Waals surface area contributed by atoms with E-state index < -0.39 is 0 Å². The molecule has 27 heavy (non-hydrogen) atoms. The number of nitrogens with zero attached hydrogens (tertiary/aromatic N) is 1. The van der Waals surface area contributed by atoms with Gasteiger partial charge in [0.15, 0.2) is 0 Å². The largest absolute Gasteiger partial charge is 0.384 e. The number of amides is 1. The molecule has 0 spiro atoms. The minimum atomic E-state index is -0.194. The van der Waals surface area contributed by atoms with Crippen LogP contribution in [0.1, 0.15) is 27.9 Å². The maximum absolute atomic E-state index is 12.5. The van der Waals surface area contributed by atoms with E-state index in [1.807, 2.05) is 25.1 Å². The Labute approximate surface area is 164 Å². The van der Waals surface area contributed by atoms with Gasteiger partial charge in [0.1, 0.15) is 0 Å². The first kappa shape index (κ1) is 18.9. The summed E-state index contributed by atoms with van der Waals surface area (Å²) < 4.78 is 0. The van der Waals surface area contributed by atoms with Crippen molar-refractivity contribution in [1.82, 2.24) is 4.98 Å². The SMILES string of the molecule is Cc1cc(Cl)ccc1NC(=O)c1cncc(NCCCc2ccccc2)c1. The molecule has 3 rings (SSSR count). The minimum absolute atomic E-state index is 0.194. The molecule has 0 bridgehead atoms. The van der Waals surface area contributed by atoms with E-state index in [2.05, 4.69) is 39.9 Å². The summed E-state index contributed by atoms with van der Waals surface area (Å²) in [6, 6.07) is 17.6. The molecule has 2 N–H and O–H groups in total. The number of carbonyl (C=O) groups excluding carboxylic acids is 1. The average Bonchev–Trinajstić information content (AvgIpc) is 2.68. The number of aryl methyl sites for hydroxylation is 2. The molecule has 4 nitrogen and oxygen atoms in total. The lowest BCUT2D eigenvalue weighted by Crippen LogP contribution is -2.14. The number of pyridine rings is 1. The summed E-state index contributed by atoms with van der Waals surface area (Å²) in [7, 11) is 0. The molecule has 0 saturated heterocycles. The second kappa shape index (κ2) is 9.19. The van der Waals surface area contributed by atoms with Crippen LogP contribution in [0.3, 0.4) is 0 Å². The number of carbonyl (C=O) groups is 1. The summed E-state index contributed by atoms with van der Waals surface area (Å²) in [5.41, 5.74) is 4.33. The second-order valence-electron chi connectivity index (χ2n) is 6.39. The fourth-order valence-corrected chi connectivity index (χ4v) is 3.02. The van der Waals surface area contributed by atoms with Crippen LogP contribution in [0.5, 0.6) is 0 Å². The van der Waals surface area contributed by atoms with Crippen LogP contribution in [0.15, 0.2) is 67.0 Å². The van der Waals surface area contributed by atoms with Gasteiger partial charge in [-0.05, 0) is 55.2 Å². The number of aromatic nitrogens is 1. The van der Waals surface area contributed by atoms with Crippen LogP contribution in [-0.4, -0.2) is 17.4 Å². The highest BCUT2D eigenvalue weighted by Crippen LogP contribution is 2.20. The van der Waals surface area contributed by atoms with Gasteiger partial charge in [0, 0.05) is 29.6 Å². The molecule has 1 heterocycles. The standard InChI is InChI=1S/C22H22ClN3O/c1-16-12-19(23)9-10-21(16)26-22(27)18-13-20(15-24-14-18)25-11-5-8-17-6-3-2-4-7-17/h2-4,6-7,9-10,12-15,25H,5,8,11H2,1H3,(H,26,27). The maximum Gasteiger partial charge on any atom is 0.257 e. The molecule has 0 aliphatic carbocycles. The molecular weight excluding hydrogens is 358 g/mol. The highest BCUT2D eigenvalue weighted by atomic mass is 35.5. The van der Waals surface area contributed by atoms with Gasteiger partial charge in [0.05, 0.1) is 11.3 Å². The van der Waals surface area contributed by atoms with Crippen molar-refractivity contribution in [3.05, 3.63) is 88.7 Å². The third-order valence-electron chi connectivity index (χ3n) is 4.25. The van der Waals surface area contributed by atoms with Crippen LogP contribution in [0.25, 0.3) is 0 Å². The molecule has 1 aromatic heterocycles. The Morgan fingerprint density at radius 1 is 1.07 bits per heavy atom. The number of anilines is 2. The molecule has 0 atom stereocenters. The summed E-state index contributed by atoms with van der Waals surface area (Å²) >= 11 is 5.96. The van der Waals surface area contributed by atoms with E-state index in [1.165, 1.54) is 5.56 Å². The van der Waals surface area contributed by atoms with Gasteiger partial charge in [-0.3, -0.25) is 9.78 Å². The van der Waals surface area contributed by atoms with Gasteiger partial charge in [0.2, 0.25) is 0 Å². The van der Waals surface area contributed by atoms with Crippen molar-refractivity contribution >= 4 is 28.9 Å². The zero-order valence-corrected chi connectivity index (χ0v) is 16.0. The van der Waals surface area contributed by atoms with Gasteiger partial charge >= 0.3 is 0 Å². The summed E-state index contributed by atoms with van der Waals surface area (Å²) in [5, 5.41) is 6.88. The average molecular weight is 380 g/mol. The van der Waals surface area contributed by atoms with Crippen LogP contribution in [0.4, 0.5) is 11.4 Å².